The van der Waals surface area contributed by atoms with E-state index in [-0.39, 0.29) is 18.4 Å². The second kappa shape index (κ2) is 11.8. The summed E-state index contributed by atoms with van der Waals surface area (Å²) in [6.07, 6.45) is 3.40. The van der Waals surface area contributed by atoms with E-state index >= 15 is 0 Å². The van der Waals surface area contributed by atoms with Crippen molar-refractivity contribution < 1.29 is 23.9 Å². The van der Waals surface area contributed by atoms with E-state index in [1.54, 1.807) is 31.2 Å². The number of benzene rings is 1. The predicted molar refractivity (Wildman–Crippen MR) is 112 cm³/mol. The smallest absolute Gasteiger partial charge is 0.340 e. The van der Waals surface area contributed by atoms with Crippen molar-refractivity contribution >= 4 is 29.5 Å². The molecule has 4 amide bonds. The molecule has 2 N–H and O–H groups in total. The molecule has 0 atom stereocenters. The Bertz CT molecular complexity index is 768. The first-order valence-electron chi connectivity index (χ1n) is 10.3. The zero-order chi connectivity index (χ0) is 21.9. The van der Waals surface area contributed by atoms with E-state index in [4.69, 9.17) is 4.74 Å². The lowest BCUT2D eigenvalue weighted by Gasteiger charge is -2.28. The molecule has 1 fully saturated rings. The van der Waals surface area contributed by atoms with Gasteiger partial charge in [-0.25, -0.2) is 14.6 Å². The topological polar surface area (TPSA) is 108 Å². The number of nitrogens with zero attached hydrogens (tertiary/aromatic N) is 2. The number of hydrogen-bond donors (Lipinski definition) is 2. The van der Waals surface area contributed by atoms with Gasteiger partial charge in [-0.05, 0) is 44.4 Å². The molecular weight excluding hydrogens is 388 g/mol. The average Bonchev–Trinajstić information content (AvgIpc) is 3.21. The monoisotopic (exact) mass is 418 g/mol. The highest BCUT2D eigenvalue weighted by Gasteiger charge is 2.30. The number of nitrogens with one attached hydrogen (secondary N) is 2. The van der Waals surface area contributed by atoms with Crippen LogP contribution in [0.25, 0.3) is 0 Å². The number of rotatable bonds is 9. The first-order chi connectivity index (χ1) is 14.4. The number of anilines is 1. The molecule has 0 bridgehead atoms. The van der Waals surface area contributed by atoms with Gasteiger partial charge in [0.15, 0.2) is 0 Å². The maximum Gasteiger partial charge on any atom is 0.340 e. The summed E-state index contributed by atoms with van der Waals surface area (Å²) < 4.78 is 4.97. The van der Waals surface area contributed by atoms with Crippen molar-refractivity contribution in [1.29, 1.82) is 0 Å². The number of esters is 1. The Hall–Kier alpha value is -3.10. The predicted octanol–water partition coefficient (Wildman–Crippen LogP) is 2.54. The van der Waals surface area contributed by atoms with Crippen LogP contribution in [0.4, 0.5) is 10.5 Å². The fourth-order valence-electron chi connectivity index (χ4n) is 3.18. The van der Waals surface area contributed by atoms with Crippen LogP contribution in [0.1, 0.15) is 56.3 Å². The number of ether oxygens (including phenoxy) is 1. The number of carbonyl (C=O) groups excluding carboxylic acids is 4. The molecule has 1 aromatic carbocycles. The molecule has 1 aliphatic heterocycles. The molecule has 30 heavy (non-hydrogen) atoms. The summed E-state index contributed by atoms with van der Waals surface area (Å²) in [5, 5.41) is 8.37. The van der Waals surface area contributed by atoms with Gasteiger partial charge in [-0.1, -0.05) is 12.5 Å². The van der Waals surface area contributed by atoms with Gasteiger partial charge in [0.2, 0.25) is 11.8 Å². The van der Waals surface area contributed by atoms with Crippen LogP contribution in [0.15, 0.2) is 24.3 Å². The third kappa shape index (κ3) is 7.06. The van der Waals surface area contributed by atoms with Gasteiger partial charge in [0.25, 0.3) is 0 Å². The van der Waals surface area contributed by atoms with Crippen molar-refractivity contribution in [3.63, 3.8) is 0 Å². The number of hydrogen-bond acceptors (Lipinski definition) is 5. The third-order valence-electron chi connectivity index (χ3n) is 4.62. The lowest BCUT2D eigenvalue weighted by Crippen LogP contribution is -2.46. The Morgan fingerprint density at radius 2 is 1.83 bits per heavy atom. The van der Waals surface area contributed by atoms with E-state index in [0.717, 1.165) is 12.8 Å². The van der Waals surface area contributed by atoms with Gasteiger partial charge < -0.3 is 15.4 Å². The third-order valence-corrected chi connectivity index (χ3v) is 4.62. The second-order valence-electron chi connectivity index (χ2n) is 7.02. The minimum Gasteiger partial charge on any atom is -0.462 e. The molecule has 1 aromatic rings. The highest BCUT2D eigenvalue weighted by atomic mass is 16.5. The molecule has 1 heterocycles. The SMILES string of the molecule is CCOC(=O)c1cccc(NC(=O)N2CCCN2C(=O)CCCCCNC(C)=O)c1. The van der Waals surface area contributed by atoms with Crippen molar-refractivity contribution in [2.75, 3.05) is 31.6 Å². The van der Waals surface area contributed by atoms with Gasteiger partial charge in [-0.3, -0.25) is 14.6 Å². The Labute approximate surface area is 176 Å². The van der Waals surface area contributed by atoms with E-state index in [0.29, 0.717) is 50.1 Å². The molecule has 0 spiro atoms. The Morgan fingerprint density at radius 3 is 2.57 bits per heavy atom. The maximum atomic E-state index is 12.7. The standard InChI is InChI=1S/C21H30N4O5/c1-3-30-20(28)17-9-7-10-18(15-17)23-21(29)25-14-8-13-24(25)19(27)11-5-4-6-12-22-16(2)26/h7,9-10,15H,3-6,8,11-14H2,1-2H3,(H,22,26)(H,23,29). The van der Waals surface area contributed by atoms with Gasteiger partial charge in [0.05, 0.1) is 12.2 Å². The molecule has 9 nitrogen and oxygen atoms in total. The summed E-state index contributed by atoms with van der Waals surface area (Å²) >= 11 is 0. The minimum atomic E-state index is -0.454. The molecular formula is C21H30N4O5. The van der Waals surface area contributed by atoms with E-state index in [1.807, 2.05) is 0 Å². The van der Waals surface area contributed by atoms with Crippen molar-refractivity contribution in [2.24, 2.45) is 0 Å². The summed E-state index contributed by atoms with van der Waals surface area (Å²) in [6.45, 7) is 5.04. The van der Waals surface area contributed by atoms with Crippen LogP contribution in [-0.4, -0.2) is 60.1 Å². The lowest BCUT2D eigenvalue weighted by molar-refractivity contribution is -0.140. The van der Waals surface area contributed by atoms with E-state index in [9.17, 15) is 19.2 Å². The van der Waals surface area contributed by atoms with Gasteiger partial charge >= 0.3 is 12.0 Å². The molecule has 1 aliphatic rings. The van der Waals surface area contributed by atoms with Crippen LogP contribution in [0, 0.1) is 0 Å². The van der Waals surface area contributed by atoms with Crippen LogP contribution in [0.2, 0.25) is 0 Å². The van der Waals surface area contributed by atoms with Gasteiger partial charge in [-0.15, -0.1) is 0 Å². The van der Waals surface area contributed by atoms with Gasteiger partial charge in [0.1, 0.15) is 0 Å². The van der Waals surface area contributed by atoms with Crippen LogP contribution >= 0.6 is 0 Å². The van der Waals surface area contributed by atoms with Crippen LogP contribution in [-0.2, 0) is 14.3 Å². The molecule has 9 heteroatoms. The summed E-state index contributed by atoms with van der Waals surface area (Å²) in [7, 11) is 0. The highest BCUT2D eigenvalue weighted by Crippen LogP contribution is 2.17. The second-order valence-corrected chi connectivity index (χ2v) is 7.02. The van der Waals surface area contributed by atoms with Crippen molar-refractivity contribution in [3.05, 3.63) is 29.8 Å². The Balaban J connectivity index is 1.85. The number of carbonyl (C=O) groups is 4. The average molecular weight is 418 g/mol. The number of urea groups is 1. The van der Waals surface area contributed by atoms with Crippen LogP contribution < -0.4 is 10.6 Å². The fourth-order valence-corrected chi connectivity index (χ4v) is 3.18. The molecule has 1 saturated heterocycles. The van der Waals surface area contributed by atoms with Crippen molar-refractivity contribution in [3.8, 4) is 0 Å². The highest BCUT2D eigenvalue weighted by molar-refractivity contribution is 5.94. The maximum absolute atomic E-state index is 12.7. The largest absolute Gasteiger partial charge is 0.462 e. The zero-order valence-electron chi connectivity index (χ0n) is 17.6. The molecule has 0 saturated carbocycles. The Kier molecular flexibility index (Phi) is 9.11. The molecule has 164 valence electrons. The van der Waals surface area contributed by atoms with Crippen LogP contribution in [0.5, 0.6) is 0 Å². The number of amides is 4. The molecule has 2 rings (SSSR count). The first kappa shape index (κ1) is 23.2. The lowest BCUT2D eigenvalue weighted by atomic mass is 10.2. The fraction of sp³-hybridized carbons (Fsp3) is 0.524. The molecule has 0 aliphatic carbocycles. The number of hydrazine groups is 1. The number of unbranched alkanes of at least 4 members (excludes halogenated alkanes) is 2. The van der Waals surface area contributed by atoms with Crippen molar-refractivity contribution in [2.45, 2.75) is 46.0 Å². The summed E-state index contributed by atoms with van der Waals surface area (Å²) in [5.41, 5.74) is 0.811. The summed E-state index contributed by atoms with van der Waals surface area (Å²) in [4.78, 5) is 47.9. The minimum absolute atomic E-state index is 0.0578. The summed E-state index contributed by atoms with van der Waals surface area (Å²) in [6, 6.07) is 6.10. The van der Waals surface area contributed by atoms with Gasteiger partial charge in [-0.2, -0.15) is 0 Å². The van der Waals surface area contributed by atoms with E-state index < -0.39 is 12.0 Å². The quantitative estimate of drug-likeness (QED) is 0.473. The normalized spacial score (nSPS) is 13.1. The summed E-state index contributed by atoms with van der Waals surface area (Å²) in [5.74, 6) is -0.606. The van der Waals surface area contributed by atoms with E-state index in [1.165, 1.54) is 16.9 Å². The van der Waals surface area contributed by atoms with E-state index in [2.05, 4.69) is 10.6 Å². The zero-order valence-corrected chi connectivity index (χ0v) is 17.6. The first-order valence-corrected chi connectivity index (χ1v) is 10.3. The molecule has 0 unspecified atom stereocenters. The van der Waals surface area contributed by atoms with Gasteiger partial charge in [0, 0.05) is 38.7 Å². The molecule has 0 aromatic heterocycles. The Morgan fingerprint density at radius 1 is 1.07 bits per heavy atom. The molecule has 0 radical (unpaired) electrons. The van der Waals surface area contributed by atoms with Crippen LogP contribution in [0.3, 0.4) is 0 Å². The van der Waals surface area contributed by atoms with Crippen molar-refractivity contribution in [1.82, 2.24) is 15.3 Å².